The van der Waals surface area contributed by atoms with Crippen molar-refractivity contribution in [2.24, 2.45) is 0 Å². The van der Waals surface area contributed by atoms with E-state index in [1.165, 1.54) is 91.2 Å². The van der Waals surface area contributed by atoms with E-state index in [-0.39, 0.29) is 0 Å². The van der Waals surface area contributed by atoms with Crippen molar-refractivity contribution in [3.05, 3.63) is 77.4 Å². The van der Waals surface area contributed by atoms with Crippen LogP contribution in [0.2, 0.25) is 0 Å². The fourth-order valence-electron chi connectivity index (χ4n) is 5.65. The molecule has 0 aromatic heterocycles. The maximum atomic E-state index is 6.91. The molecule has 0 spiro atoms. The van der Waals surface area contributed by atoms with Crippen molar-refractivity contribution in [1.82, 2.24) is 4.90 Å². The smallest absolute Gasteiger partial charge is 0.0439 e. The van der Waals surface area contributed by atoms with Gasteiger partial charge in [0.2, 0.25) is 0 Å². The van der Waals surface area contributed by atoms with Crippen molar-refractivity contribution in [1.29, 1.82) is 0 Å². The molecule has 36 heavy (non-hydrogen) atoms. The highest BCUT2D eigenvalue weighted by Crippen LogP contribution is 2.36. The lowest BCUT2D eigenvalue weighted by atomic mass is 9.91. The van der Waals surface area contributed by atoms with E-state index in [2.05, 4.69) is 86.5 Å². The number of unbranched alkanes of at least 4 members (excludes halogenated alkanes) is 2. The SMILES string of the molecule is CCCCc1ccc(-c2cc(CN(C)C3CCCCC3)c(N)c(-c3ccc(CCCC)cc3)c2)cc1. The normalized spacial score (nSPS) is 14.4. The minimum absolute atomic E-state index is 0.668. The number of nitrogens with zero attached hydrogens (tertiary/aromatic N) is 1. The number of aryl methyl sites for hydroxylation is 2. The Morgan fingerprint density at radius 1 is 0.722 bits per heavy atom. The number of hydrogen-bond donors (Lipinski definition) is 1. The lowest BCUT2D eigenvalue weighted by Crippen LogP contribution is -2.33. The summed E-state index contributed by atoms with van der Waals surface area (Å²) in [5, 5.41) is 0. The molecule has 0 unspecified atom stereocenters. The average Bonchev–Trinajstić information content (AvgIpc) is 2.93. The molecule has 192 valence electrons. The highest BCUT2D eigenvalue weighted by atomic mass is 15.1. The lowest BCUT2D eigenvalue weighted by molar-refractivity contribution is 0.185. The molecule has 2 heteroatoms. The van der Waals surface area contributed by atoms with Gasteiger partial charge in [-0.3, -0.25) is 4.90 Å². The van der Waals surface area contributed by atoms with Crippen LogP contribution in [0.25, 0.3) is 22.3 Å². The van der Waals surface area contributed by atoms with Crippen LogP contribution in [0.15, 0.2) is 60.7 Å². The third kappa shape index (κ3) is 6.79. The van der Waals surface area contributed by atoms with E-state index in [0.29, 0.717) is 6.04 Å². The van der Waals surface area contributed by atoms with E-state index in [4.69, 9.17) is 5.73 Å². The topological polar surface area (TPSA) is 29.3 Å². The predicted molar refractivity (Wildman–Crippen MR) is 157 cm³/mol. The number of nitrogens with two attached hydrogens (primary N) is 1. The molecule has 2 nitrogen and oxygen atoms in total. The van der Waals surface area contributed by atoms with Crippen LogP contribution in [-0.2, 0) is 19.4 Å². The Morgan fingerprint density at radius 2 is 1.28 bits per heavy atom. The van der Waals surface area contributed by atoms with Gasteiger partial charge in [-0.15, -0.1) is 0 Å². The van der Waals surface area contributed by atoms with E-state index in [1.807, 2.05) is 0 Å². The summed E-state index contributed by atoms with van der Waals surface area (Å²) < 4.78 is 0. The van der Waals surface area contributed by atoms with Gasteiger partial charge >= 0.3 is 0 Å². The van der Waals surface area contributed by atoms with Crippen molar-refractivity contribution in [3.8, 4) is 22.3 Å². The molecule has 0 heterocycles. The Labute approximate surface area is 219 Å². The van der Waals surface area contributed by atoms with Crippen LogP contribution in [0.3, 0.4) is 0 Å². The first kappa shape index (κ1) is 26.5. The van der Waals surface area contributed by atoms with Gasteiger partial charge in [0, 0.05) is 23.8 Å². The number of benzene rings is 3. The molecule has 1 fully saturated rings. The van der Waals surface area contributed by atoms with Gasteiger partial charge in [-0.25, -0.2) is 0 Å². The number of hydrogen-bond acceptors (Lipinski definition) is 2. The maximum Gasteiger partial charge on any atom is 0.0439 e. The summed E-state index contributed by atoms with van der Waals surface area (Å²) in [6.07, 6.45) is 14.0. The second kappa shape index (κ2) is 13.1. The standard InChI is InChI=1S/C34H46N2/c1-4-6-11-26-15-19-28(20-16-26)30-23-31(25-36(3)32-13-9-8-10-14-32)34(35)33(24-30)29-21-17-27(18-22-29)12-7-5-2/h15-24,32H,4-14,25,35H2,1-3H3. The van der Waals surface area contributed by atoms with Gasteiger partial charge in [0.05, 0.1) is 0 Å². The third-order valence-electron chi connectivity index (χ3n) is 8.07. The van der Waals surface area contributed by atoms with Crippen LogP contribution in [0.4, 0.5) is 5.69 Å². The van der Waals surface area contributed by atoms with Crippen LogP contribution in [0.5, 0.6) is 0 Å². The van der Waals surface area contributed by atoms with Crippen LogP contribution in [0, 0.1) is 0 Å². The van der Waals surface area contributed by atoms with Crippen molar-refractivity contribution in [3.63, 3.8) is 0 Å². The molecule has 0 atom stereocenters. The summed E-state index contributed by atoms with van der Waals surface area (Å²) in [6, 6.07) is 23.6. The molecule has 3 aromatic carbocycles. The Morgan fingerprint density at radius 3 is 1.83 bits per heavy atom. The van der Waals surface area contributed by atoms with E-state index >= 15 is 0 Å². The highest BCUT2D eigenvalue weighted by molar-refractivity contribution is 5.84. The fraction of sp³-hybridized carbons (Fsp3) is 0.471. The summed E-state index contributed by atoms with van der Waals surface area (Å²) >= 11 is 0. The van der Waals surface area contributed by atoms with Crippen LogP contribution >= 0.6 is 0 Å². The minimum atomic E-state index is 0.668. The molecule has 2 N–H and O–H groups in total. The van der Waals surface area contributed by atoms with Crippen LogP contribution in [-0.4, -0.2) is 18.0 Å². The summed E-state index contributed by atoms with van der Waals surface area (Å²) in [6.45, 7) is 5.41. The predicted octanol–water partition coefficient (Wildman–Crippen LogP) is 9.05. The molecule has 0 bridgehead atoms. The second-order valence-electron chi connectivity index (χ2n) is 10.9. The zero-order valence-corrected chi connectivity index (χ0v) is 22.9. The Balaban J connectivity index is 1.68. The highest BCUT2D eigenvalue weighted by Gasteiger charge is 2.20. The Bertz CT molecular complexity index is 1080. The van der Waals surface area contributed by atoms with Gasteiger partial charge in [-0.2, -0.15) is 0 Å². The zero-order chi connectivity index (χ0) is 25.3. The van der Waals surface area contributed by atoms with Crippen molar-refractivity contribution >= 4 is 5.69 Å². The van der Waals surface area contributed by atoms with E-state index in [0.717, 1.165) is 30.6 Å². The van der Waals surface area contributed by atoms with E-state index in [9.17, 15) is 0 Å². The molecule has 0 saturated heterocycles. The zero-order valence-electron chi connectivity index (χ0n) is 22.9. The molecule has 1 aliphatic rings. The van der Waals surface area contributed by atoms with Gasteiger partial charge in [0.15, 0.2) is 0 Å². The van der Waals surface area contributed by atoms with Gasteiger partial charge in [-0.1, -0.05) is 94.5 Å². The second-order valence-corrected chi connectivity index (χ2v) is 10.9. The summed E-state index contributed by atoms with van der Waals surface area (Å²) in [5.74, 6) is 0. The summed E-state index contributed by atoms with van der Waals surface area (Å²) in [4.78, 5) is 2.54. The molecule has 4 rings (SSSR count). The first-order chi connectivity index (χ1) is 17.6. The first-order valence-electron chi connectivity index (χ1n) is 14.4. The molecular formula is C34H46N2. The van der Waals surface area contributed by atoms with Crippen LogP contribution < -0.4 is 5.73 Å². The Hall–Kier alpha value is -2.58. The first-order valence-corrected chi connectivity index (χ1v) is 14.4. The fourth-order valence-corrected chi connectivity index (χ4v) is 5.65. The molecule has 1 saturated carbocycles. The molecule has 0 aliphatic heterocycles. The van der Waals surface area contributed by atoms with Crippen molar-refractivity contribution in [2.75, 3.05) is 12.8 Å². The monoisotopic (exact) mass is 482 g/mol. The van der Waals surface area contributed by atoms with Crippen molar-refractivity contribution < 1.29 is 0 Å². The minimum Gasteiger partial charge on any atom is -0.398 e. The lowest BCUT2D eigenvalue weighted by Gasteiger charge is -2.32. The van der Waals surface area contributed by atoms with Gasteiger partial charge in [0.1, 0.15) is 0 Å². The number of nitrogen functional groups attached to an aromatic ring is 1. The quantitative estimate of drug-likeness (QED) is 0.276. The van der Waals surface area contributed by atoms with Gasteiger partial charge in [-0.05, 0) is 91.1 Å². The largest absolute Gasteiger partial charge is 0.398 e. The molecular weight excluding hydrogens is 436 g/mol. The molecule has 3 aromatic rings. The number of rotatable bonds is 11. The van der Waals surface area contributed by atoms with Gasteiger partial charge in [0.25, 0.3) is 0 Å². The summed E-state index contributed by atoms with van der Waals surface area (Å²) in [5.41, 5.74) is 16.9. The molecule has 1 aliphatic carbocycles. The maximum absolute atomic E-state index is 6.91. The average molecular weight is 483 g/mol. The van der Waals surface area contributed by atoms with Gasteiger partial charge < -0.3 is 5.73 Å². The van der Waals surface area contributed by atoms with Crippen molar-refractivity contribution in [2.45, 2.75) is 97.1 Å². The molecule has 0 amide bonds. The number of anilines is 1. The van der Waals surface area contributed by atoms with Crippen LogP contribution in [0.1, 0.15) is 88.3 Å². The molecule has 0 radical (unpaired) electrons. The van der Waals surface area contributed by atoms with E-state index in [1.54, 1.807) is 0 Å². The Kier molecular flexibility index (Phi) is 9.64. The third-order valence-corrected chi connectivity index (χ3v) is 8.07. The van der Waals surface area contributed by atoms with E-state index < -0.39 is 0 Å². The summed E-state index contributed by atoms with van der Waals surface area (Å²) in [7, 11) is 2.28.